The van der Waals surface area contributed by atoms with Crippen LogP contribution in [0.5, 0.6) is 0 Å². The van der Waals surface area contributed by atoms with Gasteiger partial charge in [-0.3, -0.25) is 9.59 Å². The second-order valence-electron chi connectivity index (χ2n) is 7.23. The minimum atomic E-state index is -0.692. The zero-order chi connectivity index (χ0) is 18.3. The van der Waals surface area contributed by atoms with Gasteiger partial charge in [0.2, 0.25) is 11.8 Å². The third kappa shape index (κ3) is 6.02. The maximum atomic E-state index is 12.7. The Bertz CT molecular complexity index is 457. The van der Waals surface area contributed by atoms with E-state index in [0.29, 0.717) is 0 Å². The molecule has 0 aromatic carbocycles. The minimum Gasteiger partial charge on any atom is -0.453 e. The van der Waals surface area contributed by atoms with E-state index in [1.54, 1.807) is 0 Å². The van der Waals surface area contributed by atoms with Gasteiger partial charge >= 0.3 is 6.09 Å². The monoisotopic (exact) mass is 341 g/mol. The van der Waals surface area contributed by atoms with Crippen LogP contribution in [0.15, 0.2) is 0 Å². The van der Waals surface area contributed by atoms with Crippen LogP contribution in [0.4, 0.5) is 4.79 Å². The van der Waals surface area contributed by atoms with Crippen molar-refractivity contribution in [1.29, 1.82) is 0 Å². The van der Waals surface area contributed by atoms with Gasteiger partial charge in [-0.05, 0) is 32.6 Å². The molecule has 1 saturated carbocycles. The van der Waals surface area contributed by atoms with Gasteiger partial charge in [-0.15, -0.1) is 0 Å². The molecule has 0 aromatic rings. The van der Waals surface area contributed by atoms with Gasteiger partial charge in [-0.25, -0.2) is 4.79 Å². The molecule has 0 spiro atoms. The molecule has 3 amide bonds. The number of hydrogen-bond acceptors (Lipinski definition) is 4. The zero-order valence-corrected chi connectivity index (χ0v) is 15.4. The highest BCUT2D eigenvalue weighted by Gasteiger charge is 2.39. The van der Waals surface area contributed by atoms with E-state index in [1.165, 1.54) is 7.11 Å². The lowest BCUT2D eigenvalue weighted by Crippen LogP contribution is -2.57. The molecule has 0 aromatic heterocycles. The van der Waals surface area contributed by atoms with E-state index in [0.717, 1.165) is 25.7 Å². The zero-order valence-electron chi connectivity index (χ0n) is 15.4. The summed E-state index contributed by atoms with van der Waals surface area (Å²) in [7, 11) is 1.26. The van der Waals surface area contributed by atoms with Crippen LogP contribution in [0.1, 0.15) is 59.8 Å². The van der Waals surface area contributed by atoms with Gasteiger partial charge in [-0.1, -0.05) is 26.7 Å². The molecule has 138 valence electrons. The second kappa shape index (κ2) is 8.89. The lowest BCUT2D eigenvalue weighted by atomic mass is 9.91. The predicted molar refractivity (Wildman–Crippen MR) is 91.4 cm³/mol. The van der Waals surface area contributed by atoms with E-state index in [1.807, 2.05) is 27.7 Å². The summed E-state index contributed by atoms with van der Waals surface area (Å²) in [6, 6.07) is -0.626. The molecule has 1 aliphatic carbocycles. The Morgan fingerprint density at radius 3 is 2.08 bits per heavy atom. The molecule has 7 nitrogen and oxygen atoms in total. The van der Waals surface area contributed by atoms with Crippen LogP contribution in [0.2, 0.25) is 0 Å². The van der Waals surface area contributed by atoms with Crippen molar-refractivity contribution < 1.29 is 19.1 Å². The van der Waals surface area contributed by atoms with E-state index in [4.69, 9.17) is 0 Å². The van der Waals surface area contributed by atoms with Crippen molar-refractivity contribution in [2.75, 3.05) is 7.11 Å². The van der Waals surface area contributed by atoms with Crippen molar-refractivity contribution in [2.45, 2.75) is 77.4 Å². The molecule has 0 aliphatic heterocycles. The van der Waals surface area contributed by atoms with Crippen LogP contribution in [0.3, 0.4) is 0 Å². The van der Waals surface area contributed by atoms with Crippen molar-refractivity contribution in [3.05, 3.63) is 0 Å². The van der Waals surface area contributed by atoms with Crippen LogP contribution < -0.4 is 16.0 Å². The first-order valence-electron chi connectivity index (χ1n) is 8.65. The third-order valence-electron chi connectivity index (χ3n) is 4.31. The maximum absolute atomic E-state index is 12.7. The molecular weight excluding hydrogens is 310 g/mol. The highest BCUT2D eigenvalue weighted by Crippen LogP contribution is 2.33. The molecular formula is C17H31N3O4. The number of alkyl carbamates (subject to hydrolysis) is 1. The van der Waals surface area contributed by atoms with E-state index < -0.39 is 17.7 Å². The van der Waals surface area contributed by atoms with Gasteiger partial charge in [0.25, 0.3) is 0 Å². The highest BCUT2D eigenvalue weighted by molar-refractivity contribution is 5.87. The molecule has 0 saturated heterocycles. The molecule has 1 aliphatic rings. The number of ether oxygens (including phenoxy) is 1. The molecule has 7 heteroatoms. The molecule has 24 heavy (non-hydrogen) atoms. The number of amides is 3. The standard InChI is InChI=1S/C17H31N3O4/c1-11(2)14(19-16(23)24-5)15(22)20-17(8-6-7-9-17)10-13(21)18-12(3)4/h11-12,14H,6-10H2,1-5H3,(H,18,21)(H,19,23)(H,20,22)/t14-/m0/s1. The van der Waals surface area contributed by atoms with Crippen LogP contribution in [0, 0.1) is 5.92 Å². The lowest BCUT2D eigenvalue weighted by molar-refractivity contribution is -0.127. The summed E-state index contributed by atoms with van der Waals surface area (Å²) >= 11 is 0. The highest BCUT2D eigenvalue weighted by atomic mass is 16.5. The van der Waals surface area contributed by atoms with Gasteiger partial charge in [0, 0.05) is 18.0 Å². The van der Waals surface area contributed by atoms with Crippen molar-refractivity contribution in [1.82, 2.24) is 16.0 Å². The number of nitrogens with one attached hydrogen (secondary N) is 3. The largest absolute Gasteiger partial charge is 0.453 e. The predicted octanol–water partition coefficient (Wildman–Crippen LogP) is 1.71. The quantitative estimate of drug-likeness (QED) is 0.657. The van der Waals surface area contributed by atoms with Crippen LogP contribution in [-0.2, 0) is 14.3 Å². The molecule has 1 atom stereocenters. The summed E-state index contributed by atoms with van der Waals surface area (Å²) in [5.74, 6) is -0.420. The van der Waals surface area contributed by atoms with Crippen molar-refractivity contribution in [3.8, 4) is 0 Å². The average Bonchev–Trinajstić information content (AvgIpc) is 2.90. The van der Waals surface area contributed by atoms with Crippen LogP contribution in [0.25, 0.3) is 0 Å². The normalized spacial score (nSPS) is 17.5. The number of hydrogen-bond donors (Lipinski definition) is 3. The Hall–Kier alpha value is -1.79. The summed E-state index contributed by atoms with van der Waals surface area (Å²) < 4.78 is 4.59. The smallest absolute Gasteiger partial charge is 0.407 e. The number of methoxy groups -OCH3 is 1. The number of carbonyl (C=O) groups excluding carboxylic acids is 3. The lowest BCUT2D eigenvalue weighted by Gasteiger charge is -2.33. The van der Waals surface area contributed by atoms with Crippen LogP contribution in [-0.4, -0.2) is 42.6 Å². The van der Waals surface area contributed by atoms with Crippen molar-refractivity contribution >= 4 is 17.9 Å². The molecule has 3 N–H and O–H groups in total. The fourth-order valence-electron chi connectivity index (χ4n) is 3.14. The minimum absolute atomic E-state index is 0.0609. The Morgan fingerprint density at radius 1 is 1.04 bits per heavy atom. The number of carbonyl (C=O) groups is 3. The first kappa shape index (κ1) is 20.3. The average molecular weight is 341 g/mol. The van der Waals surface area contributed by atoms with Crippen molar-refractivity contribution in [2.24, 2.45) is 5.92 Å². The molecule has 0 radical (unpaired) electrons. The van der Waals surface area contributed by atoms with Gasteiger partial charge in [0.15, 0.2) is 0 Å². The Labute approximate surface area is 144 Å². The fraction of sp³-hybridized carbons (Fsp3) is 0.824. The second-order valence-corrected chi connectivity index (χ2v) is 7.23. The SMILES string of the molecule is COC(=O)N[C@H](C(=O)NC1(CC(=O)NC(C)C)CCCC1)C(C)C. The summed E-state index contributed by atoms with van der Waals surface area (Å²) in [4.78, 5) is 36.3. The third-order valence-corrected chi connectivity index (χ3v) is 4.31. The molecule has 0 unspecified atom stereocenters. The molecule has 0 heterocycles. The Kier molecular flexibility index (Phi) is 7.51. The molecule has 0 bridgehead atoms. The van der Waals surface area contributed by atoms with Gasteiger partial charge in [-0.2, -0.15) is 0 Å². The molecule has 1 rings (SSSR count). The van der Waals surface area contributed by atoms with E-state index in [2.05, 4.69) is 20.7 Å². The van der Waals surface area contributed by atoms with Gasteiger partial charge in [0.1, 0.15) is 6.04 Å². The Balaban J connectivity index is 2.80. The fourth-order valence-corrected chi connectivity index (χ4v) is 3.14. The summed E-state index contributed by atoms with van der Waals surface area (Å²) in [6.07, 6.45) is 3.13. The first-order valence-corrected chi connectivity index (χ1v) is 8.65. The van der Waals surface area contributed by atoms with E-state index in [-0.39, 0.29) is 30.2 Å². The van der Waals surface area contributed by atoms with Gasteiger partial charge in [0.05, 0.1) is 7.11 Å². The van der Waals surface area contributed by atoms with E-state index in [9.17, 15) is 14.4 Å². The summed E-state index contributed by atoms with van der Waals surface area (Å²) in [6.45, 7) is 7.53. The first-order chi connectivity index (χ1) is 11.2. The van der Waals surface area contributed by atoms with Gasteiger partial charge < -0.3 is 20.7 Å². The van der Waals surface area contributed by atoms with Crippen LogP contribution >= 0.6 is 0 Å². The van der Waals surface area contributed by atoms with Crippen molar-refractivity contribution in [3.63, 3.8) is 0 Å². The Morgan fingerprint density at radius 2 is 1.62 bits per heavy atom. The topological polar surface area (TPSA) is 96.5 Å². The maximum Gasteiger partial charge on any atom is 0.407 e. The summed E-state index contributed by atoms with van der Waals surface area (Å²) in [5.41, 5.74) is -0.527. The summed E-state index contributed by atoms with van der Waals surface area (Å²) in [5, 5.41) is 8.49. The molecule has 1 fully saturated rings. The number of rotatable bonds is 7. The van der Waals surface area contributed by atoms with E-state index >= 15 is 0 Å².